The Morgan fingerprint density at radius 3 is 2.60 bits per heavy atom. The van der Waals surface area contributed by atoms with E-state index in [1.807, 2.05) is 48.5 Å². The number of hydrazone groups is 1. The van der Waals surface area contributed by atoms with Crippen LogP contribution in [-0.2, 0) is 6.61 Å². The Bertz CT molecular complexity index is 1200. The molecule has 5 nitrogen and oxygen atoms in total. The van der Waals surface area contributed by atoms with Crippen molar-refractivity contribution >= 4 is 57.3 Å². The van der Waals surface area contributed by atoms with Gasteiger partial charge >= 0.3 is 5.91 Å². The van der Waals surface area contributed by atoms with E-state index < -0.39 is 5.91 Å². The molecule has 7 heteroatoms. The number of nitrogens with one attached hydrogen (secondary N) is 1. The van der Waals surface area contributed by atoms with Crippen LogP contribution in [0.15, 0.2) is 82.3 Å². The summed E-state index contributed by atoms with van der Waals surface area (Å²) in [6, 6.07) is 22.4. The normalized spacial score (nSPS) is 11.1. The van der Waals surface area contributed by atoms with E-state index in [-0.39, 0.29) is 5.76 Å². The van der Waals surface area contributed by atoms with Crippen molar-refractivity contribution < 1.29 is 13.9 Å². The number of amides is 1. The van der Waals surface area contributed by atoms with Crippen molar-refractivity contribution in [2.24, 2.45) is 5.10 Å². The molecule has 30 heavy (non-hydrogen) atoms. The van der Waals surface area contributed by atoms with Crippen LogP contribution in [0.1, 0.15) is 21.7 Å². The predicted molar refractivity (Wildman–Crippen MR) is 126 cm³/mol. The fourth-order valence-electron chi connectivity index (χ4n) is 2.74. The number of carbonyl (C=O) groups is 1. The Morgan fingerprint density at radius 1 is 1.07 bits per heavy atom. The van der Waals surface area contributed by atoms with Crippen molar-refractivity contribution in [1.29, 1.82) is 0 Å². The molecule has 0 aliphatic rings. The summed E-state index contributed by atoms with van der Waals surface area (Å²) in [5.41, 5.74) is 4.99. The molecule has 4 rings (SSSR count). The number of fused-ring (bicyclic) bond motifs is 1. The molecule has 0 saturated heterocycles. The molecule has 0 aliphatic carbocycles. The van der Waals surface area contributed by atoms with Gasteiger partial charge in [0.25, 0.3) is 0 Å². The van der Waals surface area contributed by atoms with Gasteiger partial charge in [0.2, 0.25) is 0 Å². The summed E-state index contributed by atoms with van der Waals surface area (Å²) < 4.78 is 12.5. The first-order valence-electron chi connectivity index (χ1n) is 9.07. The van der Waals surface area contributed by atoms with Crippen molar-refractivity contribution in [3.8, 4) is 5.75 Å². The Balaban J connectivity index is 1.32. The number of hydrogen-bond donors (Lipinski definition) is 1. The van der Waals surface area contributed by atoms with Gasteiger partial charge in [-0.1, -0.05) is 23.7 Å². The third kappa shape index (κ3) is 5.20. The molecule has 4 aromatic rings. The zero-order chi connectivity index (χ0) is 20.9. The Hall–Kier alpha value is -2.84. The molecule has 0 fully saturated rings. The zero-order valence-corrected chi connectivity index (χ0v) is 18.6. The number of nitrogens with zero attached hydrogens (tertiary/aromatic N) is 1. The van der Waals surface area contributed by atoms with E-state index in [0.29, 0.717) is 17.2 Å². The minimum Gasteiger partial charge on any atom is -0.489 e. The van der Waals surface area contributed by atoms with Crippen LogP contribution in [0.25, 0.3) is 11.0 Å². The standard InChI is InChI=1S/C23H16ClIN2O3/c24-18-5-10-21-17(11-18)12-22(30-21)23(28)27-26-13-15-3-8-20(9-4-15)29-14-16-1-6-19(25)7-2-16/h1-13H,14H2,(H,27,28)/b26-13+. The lowest BCUT2D eigenvalue weighted by Crippen LogP contribution is -2.16. The lowest BCUT2D eigenvalue weighted by Gasteiger charge is -2.06. The van der Waals surface area contributed by atoms with Crippen LogP contribution in [0.5, 0.6) is 5.75 Å². The lowest BCUT2D eigenvalue weighted by atomic mass is 10.2. The van der Waals surface area contributed by atoms with Gasteiger partial charge in [-0.05, 0) is 94.4 Å². The van der Waals surface area contributed by atoms with Gasteiger partial charge in [0, 0.05) is 14.0 Å². The number of ether oxygens (including phenoxy) is 1. The van der Waals surface area contributed by atoms with Crippen LogP contribution in [0.3, 0.4) is 0 Å². The minimum absolute atomic E-state index is 0.170. The smallest absolute Gasteiger partial charge is 0.307 e. The van der Waals surface area contributed by atoms with Crippen molar-refractivity contribution in [1.82, 2.24) is 5.43 Å². The third-order valence-electron chi connectivity index (χ3n) is 4.28. The average molecular weight is 531 g/mol. The van der Waals surface area contributed by atoms with E-state index in [1.165, 1.54) is 3.57 Å². The van der Waals surface area contributed by atoms with Crippen LogP contribution >= 0.6 is 34.2 Å². The molecule has 0 aliphatic heterocycles. The Kier molecular flexibility index (Phi) is 6.35. The maximum Gasteiger partial charge on any atom is 0.307 e. The molecule has 1 amide bonds. The second-order valence-corrected chi connectivity index (χ2v) is 8.16. The maximum absolute atomic E-state index is 12.2. The van der Waals surface area contributed by atoms with Gasteiger partial charge in [-0.15, -0.1) is 0 Å². The van der Waals surface area contributed by atoms with E-state index in [9.17, 15) is 4.79 Å². The molecule has 0 radical (unpaired) electrons. The summed E-state index contributed by atoms with van der Waals surface area (Å²) in [7, 11) is 0. The molecule has 0 saturated carbocycles. The molecule has 3 aromatic carbocycles. The fourth-order valence-corrected chi connectivity index (χ4v) is 3.28. The van der Waals surface area contributed by atoms with Crippen molar-refractivity contribution in [3.63, 3.8) is 0 Å². The van der Waals surface area contributed by atoms with Gasteiger partial charge in [0.1, 0.15) is 17.9 Å². The van der Waals surface area contributed by atoms with Crippen LogP contribution in [0, 0.1) is 3.57 Å². The van der Waals surface area contributed by atoms with Crippen molar-refractivity contribution in [2.45, 2.75) is 6.61 Å². The number of hydrogen-bond acceptors (Lipinski definition) is 4. The van der Waals surface area contributed by atoms with Gasteiger partial charge in [0.05, 0.1) is 6.21 Å². The first-order valence-corrected chi connectivity index (χ1v) is 10.5. The van der Waals surface area contributed by atoms with E-state index in [2.05, 4.69) is 33.1 Å². The Morgan fingerprint density at radius 2 is 1.83 bits per heavy atom. The number of benzene rings is 3. The molecule has 0 bridgehead atoms. The predicted octanol–water partition coefficient (Wildman–Crippen LogP) is 6.03. The number of rotatable bonds is 6. The second-order valence-electron chi connectivity index (χ2n) is 6.48. The van der Waals surface area contributed by atoms with Crippen LogP contribution < -0.4 is 10.2 Å². The molecule has 1 heterocycles. The van der Waals surface area contributed by atoms with Gasteiger partial charge < -0.3 is 9.15 Å². The topological polar surface area (TPSA) is 63.8 Å². The Labute approximate surface area is 191 Å². The summed E-state index contributed by atoms with van der Waals surface area (Å²) in [5, 5.41) is 5.33. The molecule has 150 valence electrons. The second kappa shape index (κ2) is 9.32. The monoisotopic (exact) mass is 530 g/mol. The summed E-state index contributed by atoms with van der Waals surface area (Å²) in [6.07, 6.45) is 1.56. The number of halogens is 2. The minimum atomic E-state index is -0.434. The molecule has 0 unspecified atom stereocenters. The van der Waals surface area contributed by atoms with Crippen LogP contribution in [0.2, 0.25) is 5.02 Å². The highest BCUT2D eigenvalue weighted by molar-refractivity contribution is 14.1. The summed E-state index contributed by atoms with van der Waals surface area (Å²) in [6.45, 7) is 0.503. The SMILES string of the molecule is O=C(N/N=C/c1ccc(OCc2ccc(I)cc2)cc1)c1cc2cc(Cl)ccc2o1. The van der Waals surface area contributed by atoms with E-state index in [1.54, 1.807) is 30.5 Å². The quantitative estimate of drug-likeness (QED) is 0.188. The zero-order valence-electron chi connectivity index (χ0n) is 15.6. The average Bonchev–Trinajstić information content (AvgIpc) is 3.17. The molecule has 0 atom stereocenters. The van der Waals surface area contributed by atoms with E-state index >= 15 is 0 Å². The van der Waals surface area contributed by atoms with E-state index in [4.69, 9.17) is 20.8 Å². The van der Waals surface area contributed by atoms with Crippen molar-refractivity contribution in [2.75, 3.05) is 0 Å². The van der Waals surface area contributed by atoms with E-state index in [0.717, 1.165) is 22.3 Å². The lowest BCUT2D eigenvalue weighted by molar-refractivity contribution is 0.0929. The summed E-state index contributed by atoms with van der Waals surface area (Å²) >= 11 is 8.22. The highest BCUT2D eigenvalue weighted by Crippen LogP contribution is 2.23. The van der Waals surface area contributed by atoms with Gasteiger partial charge in [-0.2, -0.15) is 5.10 Å². The third-order valence-corrected chi connectivity index (χ3v) is 5.23. The first kappa shape index (κ1) is 20.4. The number of furan rings is 1. The maximum atomic E-state index is 12.2. The summed E-state index contributed by atoms with van der Waals surface area (Å²) in [5.74, 6) is 0.496. The number of carbonyl (C=O) groups excluding carboxylic acids is 1. The summed E-state index contributed by atoms with van der Waals surface area (Å²) in [4.78, 5) is 12.2. The van der Waals surface area contributed by atoms with Gasteiger partial charge in [-0.3, -0.25) is 4.79 Å². The highest BCUT2D eigenvalue weighted by atomic mass is 127. The fraction of sp³-hybridized carbons (Fsp3) is 0.0435. The van der Waals surface area contributed by atoms with Crippen molar-refractivity contribution in [3.05, 3.63) is 98.3 Å². The molecular formula is C23H16ClIN2O3. The molecule has 1 N–H and O–H groups in total. The molecule has 1 aromatic heterocycles. The largest absolute Gasteiger partial charge is 0.489 e. The van der Waals surface area contributed by atoms with Crippen LogP contribution in [-0.4, -0.2) is 12.1 Å². The molecular weight excluding hydrogens is 515 g/mol. The highest BCUT2D eigenvalue weighted by Gasteiger charge is 2.11. The van der Waals surface area contributed by atoms with Gasteiger partial charge in [-0.25, -0.2) is 5.43 Å². The molecule has 0 spiro atoms. The van der Waals surface area contributed by atoms with Gasteiger partial charge in [0.15, 0.2) is 5.76 Å². The first-order chi connectivity index (χ1) is 14.6. The van der Waals surface area contributed by atoms with Crippen LogP contribution in [0.4, 0.5) is 0 Å².